The predicted octanol–water partition coefficient (Wildman–Crippen LogP) is 6.09. The average Bonchev–Trinajstić information content (AvgIpc) is 3.62. The number of aliphatic hydroxyl groups is 1. The molecule has 5 rings (SSSR count). The van der Waals surface area contributed by atoms with Gasteiger partial charge in [-0.05, 0) is 73.4 Å². The third kappa shape index (κ3) is 10.6. The molecule has 2 fully saturated rings. The van der Waals surface area contributed by atoms with Crippen LogP contribution in [0.1, 0.15) is 91.0 Å². The first-order valence-electron chi connectivity index (χ1n) is 19.6. The summed E-state index contributed by atoms with van der Waals surface area (Å²) < 4.78 is 33.7. The summed E-state index contributed by atoms with van der Waals surface area (Å²) in [6, 6.07) is 11.9. The summed E-state index contributed by atoms with van der Waals surface area (Å²) in [6.07, 6.45) is 0.350. The number of ether oxygens (including phenoxy) is 3. The molecular formula is C40H64N6O9Si2. The summed E-state index contributed by atoms with van der Waals surface area (Å²) in [5.74, 6) is -0.0101. The second-order valence-electron chi connectivity index (χ2n) is 17.7. The van der Waals surface area contributed by atoms with Gasteiger partial charge in [-0.1, -0.05) is 73.6 Å². The van der Waals surface area contributed by atoms with Crippen LogP contribution in [0.25, 0.3) is 0 Å². The molecule has 17 heteroatoms. The van der Waals surface area contributed by atoms with Crippen LogP contribution in [0, 0.1) is 0 Å². The van der Waals surface area contributed by atoms with E-state index in [-0.39, 0.29) is 45.9 Å². The Morgan fingerprint density at radius 2 is 1.28 bits per heavy atom. The minimum Gasteiger partial charge on any atom is -0.408 e. The van der Waals surface area contributed by atoms with Gasteiger partial charge < -0.3 is 39.2 Å². The number of carbonyl (C=O) groups excluding carboxylic acids is 1. The number of benzene rings is 1. The van der Waals surface area contributed by atoms with Gasteiger partial charge in [-0.3, -0.25) is 13.9 Å². The quantitative estimate of drug-likeness (QED) is 0.189. The lowest BCUT2D eigenvalue weighted by molar-refractivity contribution is -0.0539. The second-order valence-corrected chi connectivity index (χ2v) is 27.2. The van der Waals surface area contributed by atoms with Crippen LogP contribution in [-0.4, -0.2) is 90.5 Å². The maximum Gasteiger partial charge on any atom is 0.351 e. The van der Waals surface area contributed by atoms with Crippen LogP contribution in [0.3, 0.4) is 0 Å². The van der Waals surface area contributed by atoms with E-state index < -0.39 is 58.8 Å². The number of hydrogen-bond acceptors (Lipinski definition) is 12. The molecule has 1 aromatic carbocycles. The number of nitrogen functional groups attached to an aromatic ring is 1. The Balaban J connectivity index is 0.000000266. The SMILES string of the molecule is CCC1OC(n2ccc(N)nc2=O)C(O)C1O[Si](C)(C)C(C)(C)C.CCC1OC(n2ccc(NC(=O)c3ccccc3)nc2=O)C(OC)C1O[Si](C)(C)C(C)(C)C. The van der Waals surface area contributed by atoms with Gasteiger partial charge in [0, 0.05) is 25.1 Å². The number of nitrogens with zero attached hydrogens (tertiary/aromatic N) is 4. The lowest BCUT2D eigenvalue weighted by Gasteiger charge is -2.40. The second kappa shape index (κ2) is 18.2. The molecule has 2 aliphatic rings. The van der Waals surface area contributed by atoms with Crippen molar-refractivity contribution in [1.82, 2.24) is 19.1 Å². The lowest BCUT2D eigenvalue weighted by Crippen LogP contribution is -2.49. The van der Waals surface area contributed by atoms with E-state index >= 15 is 0 Å². The van der Waals surface area contributed by atoms with E-state index in [0.29, 0.717) is 12.0 Å². The molecule has 0 saturated carbocycles. The Morgan fingerprint density at radius 3 is 1.79 bits per heavy atom. The normalized spacial score (nSPS) is 25.5. The van der Waals surface area contributed by atoms with Gasteiger partial charge in [-0.15, -0.1) is 0 Å². The summed E-state index contributed by atoms with van der Waals surface area (Å²) in [5.41, 5.74) is 4.94. The Hall–Kier alpha value is -3.56. The van der Waals surface area contributed by atoms with Crippen molar-refractivity contribution in [3.05, 3.63) is 81.4 Å². The topological polar surface area (TPSA) is 191 Å². The van der Waals surface area contributed by atoms with Crippen molar-refractivity contribution in [2.24, 2.45) is 0 Å². The van der Waals surface area contributed by atoms with Gasteiger partial charge in [0.05, 0.1) is 12.2 Å². The molecule has 0 spiro atoms. The zero-order chi connectivity index (χ0) is 42.7. The minimum absolute atomic E-state index is 0.0166. The molecule has 57 heavy (non-hydrogen) atoms. The fourth-order valence-corrected chi connectivity index (χ4v) is 8.83. The summed E-state index contributed by atoms with van der Waals surface area (Å²) in [4.78, 5) is 45.1. The van der Waals surface area contributed by atoms with Gasteiger partial charge in [-0.2, -0.15) is 9.97 Å². The van der Waals surface area contributed by atoms with Crippen LogP contribution in [0.4, 0.5) is 11.6 Å². The highest BCUT2D eigenvalue weighted by atomic mass is 28.4. The molecule has 0 bridgehead atoms. The minimum atomic E-state index is -2.10. The molecule has 2 saturated heterocycles. The number of carbonyl (C=O) groups is 1. The highest BCUT2D eigenvalue weighted by molar-refractivity contribution is 6.74. The van der Waals surface area contributed by atoms with Crippen molar-refractivity contribution >= 4 is 34.2 Å². The zero-order valence-corrected chi connectivity index (χ0v) is 37.8. The highest BCUT2D eigenvalue weighted by Crippen LogP contribution is 2.43. The maximum absolute atomic E-state index is 12.9. The number of nitrogens with one attached hydrogen (secondary N) is 1. The molecule has 15 nitrogen and oxygen atoms in total. The van der Waals surface area contributed by atoms with Crippen LogP contribution < -0.4 is 22.4 Å². The van der Waals surface area contributed by atoms with E-state index in [0.717, 1.165) is 6.42 Å². The van der Waals surface area contributed by atoms with Crippen LogP contribution >= 0.6 is 0 Å². The Morgan fingerprint density at radius 1 is 0.789 bits per heavy atom. The highest BCUT2D eigenvalue weighted by Gasteiger charge is 2.52. The van der Waals surface area contributed by atoms with Crippen molar-refractivity contribution in [1.29, 1.82) is 0 Å². The van der Waals surface area contributed by atoms with Crippen LogP contribution in [-0.2, 0) is 23.1 Å². The number of anilines is 2. The number of amides is 1. The lowest BCUT2D eigenvalue weighted by atomic mass is 10.1. The van der Waals surface area contributed by atoms with Gasteiger partial charge in [0.15, 0.2) is 29.1 Å². The van der Waals surface area contributed by atoms with Gasteiger partial charge in [-0.25, -0.2) is 9.59 Å². The van der Waals surface area contributed by atoms with Gasteiger partial charge >= 0.3 is 11.4 Å². The molecule has 3 aromatic rings. The number of aromatic nitrogens is 4. The molecular weight excluding hydrogens is 765 g/mol. The van der Waals surface area contributed by atoms with Crippen molar-refractivity contribution in [2.75, 3.05) is 18.2 Å². The number of aliphatic hydroxyl groups excluding tert-OH is 1. The number of hydrogen-bond donors (Lipinski definition) is 3. The molecule has 0 radical (unpaired) electrons. The summed E-state index contributed by atoms with van der Waals surface area (Å²) in [5, 5.41) is 13.5. The Kier molecular flexibility index (Phi) is 14.7. The van der Waals surface area contributed by atoms with Gasteiger partial charge in [0.2, 0.25) is 0 Å². The number of nitrogens with two attached hydrogens (primary N) is 1. The molecule has 4 N–H and O–H groups in total. The monoisotopic (exact) mass is 828 g/mol. The van der Waals surface area contributed by atoms with Crippen LogP contribution in [0.15, 0.2) is 64.4 Å². The first-order chi connectivity index (χ1) is 26.5. The molecule has 4 heterocycles. The van der Waals surface area contributed by atoms with E-state index in [9.17, 15) is 19.5 Å². The van der Waals surface area contributed by atoms with Gasteiger partial charge in [0.1, 0.15) is 36.1 Å². The molecule has 8 unspecified atom stereocenters. The van der Waals surface area contributed by atoms with Crippen molar-refractivity contribution in [3.8, 4) is 0 Å². The maximum atomic E-state index is 12.9. The molecule has 1 amide bonds. The van der Waals surface area contributed by atoms with Crippen LogP contribution in [0.2, 0.25) is 36.3 Å². The Labute approximate surface area is 338 Å². The zero-order valence-electron chi connectivity index (χ0n) is 35.8. The van der Waals surface area contributed by atoms with Crippen LogP contribution in [0.5, 0.6) is 0 Å². The number of rotatable bonds is 11. The fraction of sp³-hybridized carbons (Fsp3) is 0.625. The first-order valence-corrected chi connectivity index (χ1v) is 25.5. The first kappa shape index (κ1) is 46.1. The largest absolute Gasteiger partial charge is 0.408 e. The predicted molar refractivity (Wildman–Crippen MR) is 225 cm³/mol. The Bertz CT molecular complexity index is 1930. The molecule has 8 atom stereocenters. The summed E-state index contributed by atoms with van der Waals surface area (Å²) in [7, 11) is -2.58. The molecule has 2 aliphatic heterocycles. The van der Waals surface area contributed by atoms with E-state index in [2.05, 4.69) is 83.0 Å². The summed E-state index contributed by atoms with van der Waals surface area (Å²) >= 11 is 0. The van der Waals surface area contributed by atoms with Crippen molar-refractivity contribution < 1.29 is 33.0 Å². The van der Waals surface area contributed by atoms with Gasteiger partial charge in [0.25, 0.3) is 5.91 Å². The van der Waals surface area contributed by atoms with Crippen molar-refractivity contribution in [2.45, 2.75) is 154 Å². The summed E-state index contributed by atoms with van der Waals surface area (Å²) in [6.45, 7) is 25.7. The molecule has 316 valence electrons. The van der Waals surface area contributed by atoms with E-state index in [1.165, 1.54) is 21.4 Å². The molecule has 0 aliphatic carbocycles. The average molecular weight is 829 g/mol. The van der Waals surface area contributed by atoms with E-state index in [4.69, 9.17) is 28.8 Å². The molecule has 2 aromatic heterocycles. The third-order valence-corrected chi connectivity index (χ3v) is 20.6. The standard InChI is InChI=1S/C24H35N3O5Si.C16H29N3O4Si/c1-8-17-19(32-33(6,7)24(2,3)4)20(30-5)22(31-17)27-15-14-18(26-23(27)29)25-21(28)16-12-10-9-11-13-16;1-7-10-13(23-24(5,6)16(2,3)4)12(20)14(22-10)19-9-8-11(17)18-15(19)21/h9-15,17,19-20,22H,8H2,1-7H3,(H,25,26,28,29);8-10,12-14,20H,7H2,1-6H3,(H2,17,18,21). The van der Waals surface area contributed by atoms with E-state index in [1.807, 2.05) is 19.9 Å². The fourth-order valence-electron chi connectivity index (χ4n) is 6.18. The smallest absolute Gasteiger partial charge is 0.351 e. The van der Waals surface area contributed by atoms with Crippen molar-refractivity contribution in [3.63, 3.8) is 0 Å². The third-order valence-electron chi connectivity index (χ3n) is 11.7. The number of methoxy groups -OCH3 is 1. The van der Waals surface area contributed by atoms with E-state index in [1.54, 1.807) is 43.6 Å².